The van der Waals surface area contributed by atoms with Crippen LogP contribution in [-0.2, 0) is 16.9 Å². The molecule has 4 nitrogen and oxygen atoms in total. The maximum Gasteiger partial charge on any atom is 0.325 e. The van der Waals surface area contributed by atoms with Gasteiger partial charge in [-0.15, -0.1) is 0 Å². The van der Waals surface area contributed by atoms with Crippen molar-refractivity contribution in [2.45, 2.75) is 25.9 Å². The first-order chi connectivity index (χ1) is 13.5. The van der Waals surface area contributed by atoms with E-state index in [9.17, 15) is 9.59 Å². The van der Waals surface area contributed by atoms with Gasteiger partial charge >= 0.3 is 6.03 Å². The first kappa shape index (κ1) is 18.0. The minimum absolute atomic E-state index is 0.241. The zero-order valence-electron chi connectivity index (χ0n) is 16.0. The Morgan fingerprint density at radius 2 is 1.43 bits per heavy atom. The Hall–Kier alpha value is -3.40. The van der Waals surface area contributed by atoms with Gasteiger partial charge in [0, 0.05) is 0 Å². The molecule has 1 N–H and O–H groups in total. The quantitative estimate of drug-likeness (QED) is 0.696. The van der Waals surface area contributed by atoms with Gasteiger partial charge in [-0.05, 0) is 41.7 Å². The Morgan fingerprint density at radius 1 is 0.786 bits per heavy atom. The zero-order chi connectivity index (χ0) is 19.7. The third-order valence-electron chi connectivity index (χ3n) is 5.44. The normalized spacial score (nSPS) is 19.0. The maximum atomic E-state index is 13.7. The average molecular weight is 370 g/mol. The van der Waals surface area contributed by atoms with Gasteiger partial charge in [0.05, 0.1) is 6.54 Å². The van der Waals surface area contributed by atoms with Crippen LogP contribution in [0.5, 0.6) is 0 Å². The van der Waals surface area contributed by atoms with Crippen molar-refractivity contribution in [3.63, 3.8) is 0 Å². The molecular weight excluding hydrogens is 348 g/mol. The Bertz CT molecular complexity index is 1030. The van der Waals surface area contributed by atoms with Crippen LogP contribution >= 0.6 is 0 Å². The third kappa shape index (κ3) is 2.87. The van der Waals surface area contributed by atoms with Crippen LogP contribution in [0, 0.1) is 13.8 Å². The lowest BCUT2D eigenvalue weighted by Crippen LogP contribution is -2.45. The summed E-state index contributed by atoms with van der Waals surface area (Å²) in [6, 6.07) is 24.5. The molecule has 0 unspecified atom stereocenters. The van der Waals surface area contributed by atoms with E-state index in [1.54, 1.807) is 0 Å². The predicted octanol–water partition coefficient (Wildman–Crippen LogP) is 4.30. The van der Waals surface area contributed by atoms with Gasteiger partial charge in [0.1, 0.15) is 0 Å². The number of hydrogen-bond donors (Lipinski definition) is 1. The molecule has 0 aliphatic carbocycles. The fraction of sp³-hybridized carbons (Fsp3) is 0.167. The first-order valence-corrected chi connectivity index (χ1v) is 9.33. The van der Waals surface area contributed by atoms with E-state index in [1.165, 1.54) is 4.90 Å². The molecule has 1 aliphatic rings. The summed E-state index contributed by atoms with van der Waals surface area (Å²) in [4.78, 5) is 27.9. The van der Waals surface area contributed by atoms with Crippen LogP contribution in [0.1, 0.15) is 27.8 Å². The van der Waals surface area contributed by atoms with Crippen LogP contribution in [-0.4, -0.2) is 16.8 Å². The Kier molecular flexibility index (Phi) is 4.47. The fourth-order valence-corrected chi connectivity index (χ4v) is 3.71. The van der Waals surface area contributed by atoms with Gasteiger partial charge in [-0.1, -0.05) is 78.9 Å². The predicted molar refractivity (Wildman–Crippen MR) is 109 cm³/mol. The molecule has 3 aromatic carbocycles. The number of benzene rings is 3. The van der Waals surface area contributed by atoms with Crippen molar-refractivity contribution in [2.24, 2.45) is 0 Å². The third-order valence-corrected chi connectivity index (χ3v) is 5.44. The van der Waals surface area contributed by atoms with E-state index in [1.807, 2.05) is 92.7 Å². The average Bonchev–Trinajstić information content (AvgIpc) is 2.97. The van der Waals surface area contributed by atoms with Crippen LogP contribution in [0.4, 0.5) is 4.79 Å². The largest absolute Gasteiger partial charge is 0.325 e. The maximum absolute atomic E-state index is 13.7. The van der Waals surface area contributed by atoms with Gasteiger partial charge < -0.3 is 5.32 Å². The smallest absolute Gasteiger partial charge is 0.315 e. The number of aryl methyl sites for hydroxylation is 2. The van der Waals surface area contributed by atoms with Crippen molar-refractivity contribution < 1.29 is 9.59 Å². The van der Waals surface area contributed by atoms with Gasteiger partial charge in [-0.3, -0.25) is 9.69 Å². The van der Waals surface area contributed by atoms with Gasteiger partial charge in [-0.2, -0.15) is 0 Å². The van der Waals surface area contributed by atoms with Crippen molar-refractivity contribution in [3.05, 3.63) is 107 Å². The summed E-state index contributed by atoms with van der Waals surface area (Å²) in [5, 5.41) is 3.00. The lowest BCUT2D eigenvalue weighted by Gasteiger charge is -2.28. The fourth-order valence-electron chi connectivity index (χ4n) is 3.71. The highest BCUT2D eigenvalue weighted by molar-refractivity contribution is 6.09. The van der Waals surface area contributed by atoms with Gasteiger partial charge in [0.15, 0.2) is 5.54 Å². The topological polar surface area (TPSA) is 49.4 Å². The summed E-state index contributed by atoms with van der Waals surface area (Å²) in [6.45, 7) is 4.29. The molecule has 140 valence electrons. The van der Waals surface area contributed by atoms with E-state index in [0.717, 1.165) is 27.8 Å². The van der Waals surface area contributed by atoms with Crippen LogP contribution in [0.15, 0.2) is 78.9 Å². The standard InChI is InChI=1S/C24H22N2O2/c1-17-13-14-21(15-18(17)2)24(20-11-7-4-8-12-20)22(27)26(23(28)25-24)16-19-9-5-3-6-10-19/h3-15H,16H2,1-2H3,(H,25,28)/t24-/m0/s1. The van der Waals surface area contributed by atoms with Gasteiger partial charge in [0.25, 0.3) is 5.91 Å². The number of imide groups is 1. The number of amides is 3. The second-order valence-electron chi connectivity index (χ2n) is 7.22. The number of urea groups is 1. The Labute approximate surface area is 164 Å². The highest BCUT2D eigenvalue weighted by Gasteiger charge is 2.53. The van der Waals surface area contributed by atoms with Gasteiger partial charge in [0.2, 0.25) is 0 Å². The summed E-state index contributed by atoms with van der Waals surface area (Å²) in [5.41, 5.74) is 3.45. The van der Waals surface area contributed by atoms with E-state index >= 15 is 0 Å². The number of nitrogens with one attached hydrogen (secondary N) is 1. The number of carbonyl (C=O) groups excluding carboxylic acids is 2. The molecule has 1 saturated heterocycles. The molecule has 1 aliphatic heterocycles. The molecule has 0 bridgehead atoms. The molecule has 0 aromatic heterocycles. The molecule has 1 atom stereocenters. The van der Waals surface area contributed by atoms with Crippen molar-refractivity contribution in [1.82, 2.24) is 10.2 Å². The number of hydrogen-bond acceptors (Lipinski definition) is 2. The SMILES string of the molecule is Cc1ccc([C@]2(c3ccccc3)NC(=O)N(Cc3ccccc3)C2=O)cc1C. The number of nitrogens with zero attached hydrogens (tertiary/aromatic N) is 1. The van der Waals surface area contributed by atoms with Crippen LogP contribution < -0.4 is 5.32 Å². The molecule has 1 heterocycles. The van der Waals surface area contributed by atoms with Crippen LogP contribution in [0.25, 0.3) is 0 Å². The number of rotatable bonds is 4. The van der Waals surface area contributed by atoms with Crippen LogP contribution in [0.3, 0.4) is 0 Å². The lowest BCUT2D eigenvalue weighted by molar-refractivity contribution is -0.130. The van der Waals surface area contributed by atoms with E-state index < -0.39 is 5.54 Å². The van der Waals surface area contributed by atoms with Crippen LogP contribution in [0.2, 0.25) is 0 Å². The highest BCUT2D eigenvalue weighted by Crippen LogP contribution is 2.37. The molecule has 1 fully saturated rings. The van der Waals surface area contributed by atoms with E-state index in [-0.39, 0.29) is 18.5 Å². The Balaban J connectivity index is 1.84. The molecule has 3 aromatic rings. The van der Waals surface area contributed by atoms with Crippen molar-refractivity contribution in [3.8, 4) is 0 Å². The van der Waals surface area contributed by atoms with E-state index in [4.69, 9.17) is 0 Å². The summed E-state index contributed by atoms with van der Waals surface area (Å²) >= 11 is 0. The van der Waals surface area contributed by atoms with E-state index in [2.05, 4.69) is 5.32 Å². The van der Waals surface area contributed by atoms with Crippen molar-refractivity contribution >= 4 is 11.9 Å². The van der Waals surface area contributed by atoms with E-state index in [0.29, 0.717) is 0 Å². The molecule has 0 saturated carbocycles. The lowest BCUT2D eigenvalue weighted by atomic mass is 9.81. The molecular formula is C24H22N2O2. The highest BCUT2D eigenvalue weighted by atomic mass is 16.2. The summed E-state index contributed by atoms with van der Waals surface area (Å²) in [6.07, 6.45) is 0. The molecule has 3 amide bonds. The summed E-state index contributed by atoms with van der Waals surface area (Å²) < 4.78 is 0. The minimum atomic E-state index is -1.22. The molecule has 0 radical (unpaired) electrons. The van der Waals surface area contributed by atoms with Crippen molar-refractivity contribution in [1.29, 1.82) is 0 Å². The minimum Gasteiger partial charge on any atom is -0.315 e. The second-order valence-corrected chi connectivity index (χ2v) is 7.22. The summed E-state index contributed by atoms with van der Waals surface area (Å²) in [5.74, 6) is -0.254. The zero-order valence-corrected chi connectivity index (χ0v) is 16.0. The molecule has 4 rings (SSSR count). The monoisotopic (exact) mass is 370 g/mol. The first-order valence-electron chi connectivity index (χ1n) is 9.33. The van der Waals surface area contributed by atoms with Crippen molar-refractivity contribution in [2.75, 3.05) is 0 Å². The number of carbonyl (C=O) groups is 2. The second kappa shape index (κ2) is 6.97. The molecule has 28 heavy (non-hydrogen) atoms. The van der Waals surface area contributed by atoms with Gasteiger partial charge in [-0.25, -0.2) is 4.79 Å². The summed E-state index contributed by atoms with van der Waals surface area (Å²) in [7, 11) is 0. The molecule has 0 spiro atoms. The Morgan fingerprint density at radius 3 is 2.07 bits per heavy atom. The molecule has 4 heteroatoms.